The van der Waals surface area contributed by atoms with Crippen molar-refractivity contribution in [2.45, 2.75) is 82.1 Å². The largest absolute Gasteiger partial charge is 0.508 e. The average molecular weight is 695 g/mol. The summed E-state index contributed by atoms with van der Waals surface area (Å²) >= 11 is 0. The van der Waals surface area contributed by atoms with Crippen LogP contribution in [0.4, 0.5) is 0 Å². The zero-order chi connectivity index (χ0) is 36.8. The number of primary amides is 1. The number of aliphatic carboxylic acids is 1. The molecule has 5 atom stereocenters. The van der Waals surface area contributed by atoms with Gasteiger partial charge in [0.1, 0.15) is 29.9 Å². The number of hydrogen-bond donors (Lipinski definition) is 10. The number of fused-ring (bicyclic) bond motifs is 1. The monoisotopic (exact) mass is 694 g/mol. The molecule has 0 aliphatic heterocycles. The zero-order valence-corrected chi connectivity index (χ0v) is 27.8. The minimum atomic E-state index is -1.47. The number of aromatic amines is 1. The molecule has 0 aliphatic rings. The van der Waals surface area contributed by atoms with Crippen LogP contribution in [-0.2, 0) is 41.6 Å². The smallest absolute Gasteiger partial charge is 0.326 e. The molecule has 13 N–H and O–H groups in total. The van der Waals surface area contributed by atoms with Crippen molar-refractivity contribution in [3.8, 4) is 5.75 Å². The van der Waals surface area contributed by atoms with E-state index in [-0.39, 0.29) is 37.9 Å². The summed E-state index contributed by atoms with van der Waals surface area (Å²) < 4.78 is 0. The maximum Gasteiger partial charge on any atom is 0.326 e. The summed E-state index contributed by atoms with van der Waals surface area (Å²) in [5.41, 5.74) is 19.3. The quantitative estimate of drug-likeness (QED) is 0.0672. The van der Waals surface area contributed by atoms with Gasteiger partial charge in [-0.25, -0.2) is 4.79 Å². The number of unbranched alkanes of at least 4 members (excludes halogenated alkanes) is 1. The lowest BCUT2D eigenvalue weighted by molar-refractivity contribution is -0.142. The molecule has 16 nitrogen and oxygen atoms in total. The van der Waals surface area contributed by atoms with Crippen molar-refractivity contribution in [3.63, 3.8) is 0 Å². The first-order valence-corrected chi connectivity index (χ1v) is 16.3. The molecule has 0 spiro atoms. The standard InChI is InChI=1S/C34H46N8O8/c1-19(30(45)42-28(16-20-9-11-22(43)12-10-20)33(48)41-27(34(49)50)13-14-29(37)44)39-32(47)26(8-4-5-15-35)40-31(46)24(36)17-21-18-38-25-7-3-2-6-23(21)25/h2-3,6-7,9-12,18-19,24,26-28,38,43H,4-5,8,13-17,35-36H2,1H3,(H2,37,44)(H,39,47)(H,40,46)(H,41,48)(H,42,45)(H,49,50)/t19-,24-,26-,27-,28-/m0/s1. The van der Waals surface area contributed by atoms with Gasteiger partial charge in [0.2, 0.25) is 29.5 Å². The van der Waals surface area contributed by atoms with Crippen LogP contribution in [0.2, 0.25) is 0 Å². The Hall–Kier alpha value is -5.48. The predicted molar refractivity (Wildman–Crippen MR) is 184 cm³/mol. The van der Waals surface area contributed by atoms with E-state index in [0.717, 1.165) is 16.5 Å². The summed E-state index contributed by atoms with van der Waals surface area (Å²) in [5, 5.41) is 30.3. The van der Waals surface area contributed by atoms with Crippen molar-refractivity contribution in [2.24, 2.45) is 17.2 Å². The fraction of sp³-hybridized carbons (Fsp3) is 0.412. The van der Waals surface area contributed by atoms with Crippen molar-refractivity contribution in [1.82, 2.24) is 26.3 Å². The molecule has 1 heterocycles. The summed E-state index contributed by atoms with van der Waals surface area (Å²) in [6.45, 7) is 1.76. The molecule has 0 saturated carbocycles. The van der Waals surface area contributed by atoms with Crippen LogP contribution in [0.15, 0.2) is 54.7 Å². The number of nitrogens with one attached hydrogen (secondary N) is 5. The molecule has 0 saturated heterocycles. The molecule has 16 heteroatoms. The first kappa shape index (κ1) is 39.0. The molecule has 0 bridgehead atoms. The van der Waals surface area contributed by atoms with Crippen molar-refractivity contribution in [2.75, 3.05) is 6.54 Å². The Bertz CT molecular complexity index is 1640. The Morgan fingerprint density at radius 3 is 2.08 bits per heavy atom. The second kappa shape index (κ2) is 18.9. The minimum absolute atomic E-state index is 0.0282. The molecule has 0 aliphatic carbocycles. The number of phenolic OH excluding ortho intramolecular Hbond substituents is 1. The third kappa shape index (κ3) is 11.9. The number of hydrogen-bond acceptors (Lipinski definition) is 9. The van der Waals surface area contributed by atoms with Crippen molar-refractivity contribution in [3.05, 3.63) is 65.9 Å². The average Bonchev–Trinajstić information content (AvgIpc) is 3.48. The number of carbonyl (C=O) groups excluding carboxylic acids is 5. The van der Waals surface area contributed by atoms with Crippen molar-refractivity contribution in [1.29, 1.82) is 0 Å². The Kier molecular flexibility index (Phi) is 14.7. The lowest BCUT2D eigenvalue weighted by Crippen LogP contribution is -2.58. The number of rotatable bonds is 20. The highest BCUT2D eigenvalue weighted by molar-refractivity contribution is 5.95. The molecule has 3 rings (SSSR count). The van der Waals surface area contributed by atoms with Gasteiger partial charge in [0.25, 0.3) is 0 Å². The Morgan fingerprint density at radius 2 is 1.42 bits per heavy atom. The molecule has 50 heavy (non-hydrogen) atoms. The van der Waals surface area contributed by atoms with E-state index in [0.29, 0.717) is 24.9 Å². The van der Waals surface area contributed by atoms with Gasteiger partial charge in [-0.05, 0) is 74.9 Å². The normalized spacial score (nSPS) is 14.1. The van der Waals surface area contributed by atoms with Gasteiger partial charge in [0.15, 0.2) is 0 Å². The van der Waals surface area contributed by atoms with Crippen LogP contribution < -0.4 is 38.5 Å². The molecule has 0 radical (unpaired) electrons. The fourth-order valence-electron chi connectivity index (χ4n) is 5.24. The predicted octanol–water partition coefficient (Wildman–Crippen LogP) is -0.576. The maximum absolute atomic E-state index is 13.4. The molecule has 0 unspecified atom stereocenters. The molecule has 0 fully saturated rings. The second-order valence-electron chi connectivity index (χ2n) is 12.1. The van der Waals surface area contributed by atoms with Gasteiger partial charge < -0.3 is 53.7 Å². The van der Waals surface area contributed by atoms with E-state index in [1.165, 1.54) is 31.2 Å². The van der Waals surface area contributed by atoms with Gasteiger partial charge in [0, 0.05) is 29.9 Å². The lowest BCUT2D eigenvalue weighted by atomic mass is 10.0. The Balaban J connectivity index is 1.70. The molecular weight excluding hydrogens is 648 g/mol. The highest BCUT2D eigenvalue weighted by Crippen LogP contribution is 2.19. The lowest BCUT2D eigenvalue weighted by Gasteiger charge is -2.25. The van der Waals surface area contributed by atoms with Crippen LogP contribution in [0, 0.1) is 0 Å². The highest BCUT2D eigenvalue weighted by atomic mass is 16.4. The number of benzene rings is 2. The summed E-state index contributed by atoms with van der Waals surface area (Å²) in [7, 11) is 0. The van der Waals surface area contributed by atoms with E-state index in [2.05, 4.69) is 26.3 Å². The summed E-state index contributed by atoms with van der Waals surface area (Å²) in [4.78, 5) is 79.2. The topological polar surface area (TPSA) is 285 Å². The SMILES string of the molecule is C[C@H](NC(=O)[C@H](CCCCN)NC(=O)[C@@H](N)Cc1c[nH]c2ccccc12)C(=O)N[C@@H](Cc1ccc(O)cc1)C(=O)N[C@@H](CCC(N)=O)C(=O)O. The number of carboxylic acid groups (broad SMARTS) is 1. The van der Waals surface area contributed by atoms with Crippen molar-refractivity contribution >= 4 is 46.4 Å². The number of aromatic hydroxyl groups is 1. The van der Waals surface area contributed by atoms with Gasteiger partial charge in [0.05, 0.1) is 6.04 Å². The third-order valence-corrected chi connectivity index (χ3v) is 8.09. The molecule has 2 aromatic carbocycles. The maximum atomic E-state index is 13.4. The van der Waals surface area contributed by atoms with E-state index in [9.17, 15) is 39.0 Å². The number of nitrogens with two attached hydrogens (primary N) is 3. The van der Waals surface area contributed by atoms with Crippen molar-refractivity contribution < 1.29 is 39.0 Å². The van der Waals surface area contributed by atoms with Crippen LogP contribution >= 0.6 is 0 Å². The van der Waals surface area contributed by atoms with E-state index >= 15 is 0 Å². The van der Waals surface area contributed by atoms with Crippen LogP contribution in [0.1, 0.15) is 50.2 Å². The number of H-pyrrole nitrogens is 1. The first-order chi connectivity index (χ1) is 23.8. The zero-order valence-electron chi connectivity index (χ0n) is 27.8. The van der Waals surface area contributed by atoms with Gasteiger partial charge in [-0.3, -0.25) is 24.0 Å². The minimum Gasteiger partial charge on any atom is -0.508 e. The van der Waals surface area contributed by atoms with Crippen LogP contribution in [0.3, 0.4) is 0 Å². The van der Waals surface area contributed by atoms with Crippen LogP contribution in [0.25, 0.3) is 10.9 Å². The molecule has 3 aromatic rings. The Labute approximate surface area is 288 Å². The molecule has 1 aromatic heterocycles. The van der Waals surface area contributed by atoms with Gasteiger partial charge in [-0.1, -0.05) is 30.3 Å². The summed E-state index contributed by atoms with van der Waals surface area (Å²) in [6, 6.07) is 7.38. The van der Waals surface area contributed by atoms with Crippen LogP contribution in [-0.4, -0.2) is 87.5 Å². The molecule has 270 valence electrons. The van der Waals surface area contributed by atoms with Gasteiger partial charge in [-0.15, -0.1) is 0 Å². The summed E-state index contributed by atoms with van der Waals surface area (Å²) in [6.07, 6.45) is 2.62. The highest BCUT2D eigenvalue weighted by Gasteiger charge is 2.30. The molecule has 5 amide bonds. The van der Waals surface area contributed by atoms with Gasteiger partial charge in [-0.2, -0.15) is 0 Å². The second-order valence-corrected chi connectivity index (χ2v) is 12.1. The number of carboxylic acids is 1. The van der Waals surface area contributed by atoms with E-state index in [4.69, 9.17) is 17.2 Å². The molecular formula is C34H46N8O8. The first-order valence-electron chi connectivity index (χ1n) is 16.3. The fourth-order valence-corrected chi connectivity index (χ4v) is 5.24. The van der Waals surface area contributed by atoms with Crippen LogP contribution in [0.5, 0.6) is 5.75 Å². The summed E-state index contributed by atoms with van der Waals surface area (Å²) in [5.74, 6) is -5.04. The van der Waals surface area contributed by atoms with E-state index in [1.54, 1.807) is 6.20 Å². The Morgan fingerprint density at radius 1 is 0.780 bits per heavy atom. The van der Waals surface area contributed by atoms with E-state index in [1.807, 2.05) is 24.3 Å². The third-order valence-electron chi connectivity index (χ3n) is 8.09. The number of carbonyl (C=O) groups is 6. The number of phenols is 1. The number of amides is 5. The van der Waals surface area contributed by atoms with Gasteiger partial charge >= 0.3 is 5.97 Å². The van der Waals surface area contributed by atoms with E-state index < -0.39 is 65.7 Å². The number of aromatic nitrogens is 1. The number of para-hydroxylation sites is 1.